The van der Waals surface area contributed by atoms with E-state index in [0.29, 0.717) is 30.0 Å². The van der Waals surface area contributed by atoms with Gasteiger partial charge < -0.3 is 19.8 Å². The average molecular weight is 424 g/mol. The second-order valence-corrected chi connectivity index (χ2v) is 8.21. The molecular weight excluding hydrogens is 394 g/mol. The highest BCUT2D eigenvalue weighted by Crippen LogP contribution is 2.40. The Balaban J connectivity index is 1.53. The summed E-state index contributed by atoms with van der Waals surface area (Å²) >= 11 is 0. The van der Waals surface area contributed by atoms with E-state index in [1.807, 2.05) is 43.3 Å². The van der Waals surface area contributed by atoms with E-state index in [9.17, 15) is 9.90 Å². The number of allylic oxidation sites excluding steroid dienone is 1. The minimum absolute atomic E-state index is 0.140. The van der Waals surface area contributed by atoms with Crippen LogP contribution in [-0.4, -0.2) is 79.2 Å². The van der Waals surface area contributed by atoms with Crippen LogP contribution in [0.4, 0.5) is 5.69 Å². The van der Waals surface area contributed by atoms with Crippen LogP contribution in [0.2, 0.25) is 0 Å². The van der Waals surface area contributed by atoms with Gasteiger partial charge in [-0.3, -0.25) is 14.6 Å². The predicted molar refractivity (Wildman–Crippen MR) is 121 cm³/mol. The summed E-state index contributed by atoms with van der Waals surface area (Å²) in [4.78, 5) is 19.4. The van der Waals surface area contributed by atoms with Crippen LogP contribution in [0.5, 0.6) is 11.5 Å². The van der Waals surface area contributed by atoms with E-state index in [4.69, 9.17) is 9.84 Å². The first-order valence-electron chi connectivity index (χ1n) is 10.6. The third kappa shape index (κ3) is 4.58. The van der Waals surface area contributed by atoms with Crippen molar-refractivity contribution in [3.05, 3.63) is 58.8 Å². The molecule has 2 aliphatic heterocycles. The summed E-state index contributed by atoms with van der Waals surface area (Å²) in [5.41, 5.74) is 3.10. The van der Waals surface area contributed by atoms with Crippen molar-refractivity contribution >= 4 is 17.5 Å². The molecule has 1 fully saturated rings. The Morgan fingerprint density at radius 2 is 1.71 bits per heavy atom. The Bertz CT molecular complexity index is 977. The van der Waals surface area contributed by atoms with Gasteiger partial charge in [0.1, 0.15) is 11.5 Å². The molecule has 0 amide bonds. The van der Waals surface area contributed by atoms with E-state index in [0.717, 1.165) is 37.4 Å². The Labute approximate surface area is 182 Å². The zero-order chi connectivity index (χ0) is 22.0. The molecule has 0 unspecified atom stereocenters. The monoisotopic (exact) mass is 423 g/mol. The molecule has 0 atom stereocenters. The normalized spacial score (nSPS) is 18.3. The third-order valence-electron chi connectivity index (χ3n) is 5.89. The van der Waals surface area contributed by atoms with Crippen LogP contribution >= 0.6 is 0 Å². The van der Waals surface area contributed by atoms with Crippen molar-refractivity contribution in [2.24, 2.45) is 0 Å². The standard InChI is InChI=1S/C24H29N3O4/c1-25(2)18-5-3-17(4-6-18)15-22-23(30)19-7-8-21(29)20(24(19)31-22)16-27-11-9-26(10-12-27)13-14-28/h3-8,15,28-29H,9-14,16H2,1-2H3/b22-15-. The second-order valence-electron chi connectivity index (χ2n) is 8.21. The summed E-state index contributed by atoms with van der Waals surface area (Å²) in [6, 6.07) is 11.1. The quantitative estimate of drug-likeness (QED) is 0.690. The van der Waals surface area contributed by atoms with Gasteiger partial charge in [0.05, 0.1) is 17.7 Å². The highest BCUT2D eigenvalue weighted by molar-refractivity contribution is 6.15. The minimum Gasteiger partial charge on any atom is -0.507 e. The number of β-amino-alcohol motifs (C(OH)–C–C–N with tert-alkyl or cyclic N) is 1. The summed E-state index contributed by atoms with van der Waals surface area (Å²) in [5, 5.41) is 19.6. The van der Waals surface area contributed by atoms with Crippen molar-refractivity contribution in [2.45, 2.75) is 6.54 Å². The van der Waals surface area contributed by atoms with E-state index in [2.05, 4.69) is 9.80 Å². The number of nitrogens with zero attached hydrogens (tertiary/aromatic N) is 3. The lowest BCUT2D eigenvalue weighted by molar-refractivity contribution is 0.101. The molecule has 31 heavy (non-hydrogen) atoms. The van der Waals surface area contributed by atoms with Crippen LogP contribution in [0, 0.1) is 0 Å². The zero-order valence-corrected chi connectivity index (χ0v) is 18.0. The molecule has 0 aliphatic carbocycles. The highest BCUT2D eigenvalue weighted by Gasteiger charge is 2.32. The largest absolute Gasteiger partial charge is 0.507 e. The van der Waals surface area contributed by atoms with Gasteiger partial charge in [-0.15, -0.1) is 0 Å². The molecule has 0 spiro atoms. The van der Waals surface area contributed by atoms with Gasteiger partial charge >= 0.3 is 0 Å². The van der Waals surface area contributed by atoms with Crippen LogP contribution in [0.25, 0.3) is 6.08 Å². The number of Topliss-reactive ketones (excluding diaryl/α,β-unsaturated/α-hetero) is 1. The number of piperazine rings is 1. The average Bonchev–Trinajstić information content (AvgIpc) is 3.07. The van der Waals surface area contributed by atoms with Crippen molar-refractivity contribution in [3.8, 4) is 11.5 Å². The summed E-state index contributed by atoms with van der Waals surface area (Å²) in [6.07, 6.45) is 1.75. The topological polar surface area (TPSA) is 76.5 Å². The Hall–Kier alpha value is -2.87. The summed E-state index contributed by atoms with van der Waals surface area (Å²) in [7, 11) is 3.96. The highest BCUT2D eigenvalue weighted by atomic mass is 16.5. The number of phenolic OH excluding ortho intramolecular Hbond substituents is 1. The van der Waals surface area contributed by atoms with Gasteiger partial charge in [-0.05, 0) is 35.9 Å². The van der Waals surface area contributed by atoms with E-state index in [1.54, 1.807) is 18.2 Å². The SMILES string of the molecule is CN(C)c1ccc(/C=C2\Oc3c(ccc(O)c3CN3CCN(CCO)CC3)C2=O)cc1. The number of aliphatic hydroxyl groups is 1. The molecular formula is C24H29N3O4. The van der Waals surface area contributed by atoms with Gasteiger partial charge in [0, 0.05) is 59.1 Å². The van der Waals surface area contributed by atoms with Gasteiger partial charge in [-0.2, -0.15) is 0 Å². The van der Waals surface area contributed by atoms with Crippen LogP contribution in [0.1, 0.15) is 21.5 Å². The number of ether oxygens (including phenoxy) is 1. The lowest BCUT2D eigenvalue weighted by atomic mass is 10.0. The predicted octanol–water partition coefficient (Wildman–Crippen LogP) is 2.18. The second kappa shape index (κ2) is 9.09. The van der Waals surface area contributed by atoms with Gasteiger partial charge in [-0.1, -0.05) is 12.1 Å². The molecule has 1 saturated heterocycles. The van der Waals surface area contributed by atoms with Gasteiger partial charge in [-0.25, -0.2) is 0 Å². The number of anilines is 1. The molecule has 7 nitrogen and oxygen atoms in total. The number of ketones is 1. The molecule has 7 heteroatoms. The number of carbonyl (C=O) groups excluding carboxylic acids is 1. The fourth-order valence-corrected chi connectivity index (χ4v) is 4.01. The first-order chi connectivity index (χ1) is 15.0. The lowest BCUT2D eigenvalue weighted by Gasteiger charge is -2.34. The number of hydrogen-bond acceptors (Lipinski definition) is 7. The number of phenols is 1. The number of benzene rings is 2. The van der Waals surface area contributed by atoms with E-state index >= 15 is 0 Å². The molecule has 0 saturated carbocycles. The van der Waals surface area contributed by atoms with Crippen molar-refractivity contribution in [3.63, 3.8) is 0 Å². The van der Waals surface area contributed by atoms with E-state index < -0.39 is 0 Å². The van der Waals surface area contributed by atoms with Gasteiger partial charge in [0.2, 0.25) is 5.78 Å². The van der Waals surface area contributed by atoms with Crippen molar-refractivity contribution in [1.29, 1.82) is 0 Å². The minimum atomic E-state index is -0.166. The number of rotatable bonds is 6. The van der Waals surface area contributed by atoms with Crippen molar-refractivity contribution in [1.82, 2.24) is 9.80 Å². The molecule has 164 valence electrons. The lowest BCUT2D eigenvalue weighted by Crippen LogP contribution is -2.46. The fraction of sp³-hybridized carbons (Fsp3) is 0.375. The molecule has 2 aromatic rings. The molecule has 2 heterocycles. The Kier molecular flexibility index (Phi) is 6.27. The molecule has 2 N–H and O–H groups in total. The Morgan fingerprint density at radius 1 is 1.03 bits per heavy atom. The number of hydrogen-bond donors (Lipinski definition) is 2. The summed E-state index contributed by atoms with van der Waals surface area (Å²) in [6.45, 7) is 4.75. The number of fused-ring (bicyclic) bond motifs is 1. The molecule has 2 aliphatic rings. The number of aromatic hydroxyl groups is 1. The first kappa shape index (κ1) is 21.4. The molecule has 0 aromatic heterocycles. The maximum atomic E-state index is 12.9. The summed E-state index contributed by atoms with van der Waals surface area (Å²) < 4.78 is 5.99. The smallest absolute Gasteiger partial charge is 0.231 e. The molecule has 0 bridgehead atoms. The summed E-state index contributed by atoms with van der Waals surface area (Å²) in [5.74, 6) is 0.702. The van der Waals surface area contributed by atoms with E-state index in [-0.39, 0.29) is 23.9 Å². The molecule has 4 rings (SSSR count). The Morgan fingerprint density at radius 3 is 2.35 bits per heavy atom. The number of carbonyl (C=O) groups is 1. The van der Waals surface area contributed by atoms with Crippen LogP contribution in [0.3, 0.4) is 0 Å². The first-order valence-corrected chi connectivity index (χ1v) is 10.6. The van der Waals surface area contributed by atoms with Crippen LogP contribution in [-0.2, 0) is 6.54 Å². The molecule has 2 aromatic carbocycles. The third-order valence-corrected chi connectivity index (χ3v) is 5.89. The van der Waals surface area contributed by atoms with Gasteiger partial charge in [0.15, 0.2) is 5.76 Å². The molecule has 0 radical (unpaired) electrons. The maximum Gasteiger partial charge on any atom is 0.231 e. The zero-order valence-electron chi connectivity index (χ0n) is 18.0. The van der Waals surface area contributed by atoms with Gasteiger partial charge in [0.25, 0.3) is 0 Å². The van der Waals surface area contributed by atoms with Crippen molar-refractivity contribution in [2.75, 3.05) is 58.3 Å². The van der Waals surface area contributed by atoms with E-state index in [1.165, 1.54) is 0 Å². The van der Waals surface area contributed by atoms with Crippen LogP contribution < -0.4 is 9.64 Å². The number of aliphatic hydroxyl groups excluding tert-OH is 1. The van der Waals surface area contributed by atoms with Crippen molar-refractivity contribution < 1.29 is 19.7 Å². The maximum absolute atomic E-state index is 12.9. The van der Waals surface area contributed by atoms with Crippen LogP contribution in [0.15, 0.2) is 42.2 Å². The fourth-order valence-electron chi connectivity index (χ4n) is 4.01.